The molecule has 1 aliphatic rings. The molecule has 0 aliphatic carbocycles. The van der Waals surface area contributed by atoms with Crippen molar-refractivity contribution < 1.29 is 14.6 Å². The standard InChI is InChI=1S/C10H19NO3/c1-7(6-10(12)13)11-8(2)9-4-3-5-14-9/h7-9,11H,3-6H2,1-2H3,(H,12,13). The lowest BCUT2D eigenvalue weighted by Crippen LogP contribution is -2.42. The summed E-state index contributed by atoms with van der Waals surface area (Å²) in [5, 5.41) is 11.8. The second-order valence-corrected chi connectivity index (χ2v) is 4.01. The van der Waals surface area contributed by atoms with Crippen LogP contribution in [-0.4, -0.2) is 35.9 Å². The zero-order chi connectivity index (χ0) is 10.6. The van der Waals surface area contributed by atoms with Crippen molar-refractivity contribution in [2.75, 3.05) is 6.61 Å². The van der Waals surface area contributed by atoms with Gasteiger partial charge in [0.25, 0.3) is 0 Å². The van der Waals surface area contributed by atoms with E-state index in [1.54, 1.807) is 0 Å². The van der Waals surface area contributed by atoms with Crippen molar-refractivity contribution in [2.45, 2.75) is 51.3 Å². The zero-order valence-corrected chi connectivity index (χ0v) is 8.82. The lowest BCUT2D eigenvalue weighted by atomic mass is 10.1. The molecule has 0 amide bonds. The lowest BCUT2D eigenvalue weighted by molar-refractivity contribution is -0.137. The Morgan fingerprint density at radius 1 is 1.64 bits per heavy atom. The van der Waals surface area contributed by atoms with Crippen LogP contribution in [0.2, 0.25) is 0 Å². The number of rotatable bonds is 5. The Hall–Kier alpha value is -0.610. The van der Waals surface area contributed by atoms with Crippen molar-refractivity contribution >= 4 is 5.97 Å². The molecule has 4 nitrogen and oxygen atoms in total. The number of nitrogens with one attached hydrogen (secondary N) is 1. The Kier molecular flexibility index (Phi) is 4.35. The van der Waals surface area contributed by atoms with Gasteiger partial charge in [-0.3, -0.25) is 4.79 Å². The van der Waals surface area contributed by atoms with E-state index in [2.05, 4.69) is 5.32 Å². The first-order chi connectivity index (χ1) is 6.59. The topological polar surface area (TPSA) is 58.6 Å². The van der Waals surface area contributed by atoms with Crippen LogP contribution in [0.25, 0.3) is 0 Å². The van der Waals surface area contributed by atoms with Gasteiger partial charge in [0.05, 0.1) is 12.5 Å². The van der Waals surface area contributed by atoms with E-state index in [9.17, 15) is 4.79 Å². The molecular formula is C10H19NO3. The van der Waals surface area contributed by atoms with Crippen molar-refractivity contribution in [3.05, 3.63) is 0 Å². The predicted molar refractivity (Wildman–Crippen MR) is 53.3 cm³/mol. The van der Waals surface area contributed by atoms with Crippen LogP contribution in [0.3, 0.4) is 0 Å². The highest BCUT2D eigenvalue weighted by molar-refractivity contribution is 5.67. The molecule has 0 aromatic heterocycles. The van der Waals surface area contributed by atoms with Crippen LogP contribution in [0.5, 0.6) is 0 Å². The monoisotopic (exact) mass is 201 g/mol. The molecule has 0 aromatic carbocycles. The van der Waals surface area contributed by atoms with E-state index in [1.807, 2.05) is 13.8 Å². The number of hydrogen-bond acceptors (Lipinski definition) is 3. The summed E-state index contributed by atoms with van der Waals surface area (Å²) in [6.07, 6.45) is 2.61. The molecule has 0 aromatic rings. The van der Waals surface area contributed by atoms with Crippen LogP contribution in [0.4, 0.5) is 0 Å². The molecule has 1 heterocycles. The van der Waals surface area contributed by atoms with Gasteiger partial charge in [0.15, 0.2) is 0 Å². The molecule has 3 atom stereocenters. The van der Waals surface area contributed by atoms with E-state index in [-0.39, 0.29) is 24.6 Å². The first-order valence-electron chi connectivity index (χ1n) is 5.19. The molecule has 0 bridgehead atoms. The molecule has 0 saturated carbocycles. The maximum atomic E-state index is 10.4. The molecule has 2 N–H and O–H groups in total. The Labute approximate surface area is 84.6 Å². The van der Waals surface area contributed by atoms with Gasteiger partial charge in [0, 0.05) is 18.7 Å². The highest BCUT2D eigenvalue weighted by Gasteiger charge is 2.23. The van der Waals surface area contributed by atoms with Crippen LogP contribution in [0.1, 0.15) is 33.1 Å². The molecule has 4 heteroatoms. The number of ether oxygens (including phenoxy) is 1. The van der Waals surface area contributed by atoms with Crippen molar-refractivity contribution in [2.24, 2.45) is 0 Å². The second-order valence-electron chi connectivity index (χ2n) is 4.01. The fourth-order valence-corrected chi connectivity index (χ4v) is 1.87. The van der Waals surface area contributed by atoms with Crippen molar-refractivity contribution in [3.8, 4) is 0 Å². The number of carbonyl (C=O) groups is 1. The van der Waals surface area contributed by atoms with Gasteiger partial charge in [-0.15, -0.1) is 0 Å². The Balaban J connectivity index is 2.24. The predicted octanol–water partition coefficient (Wildman–Crippen LogP) is 1.01. The molecular weight excluding hydrogens is 182 g/mol. The van der Waals surface area contributed by atoms with Gasteiger partial charge in [0.1, 0.15) is 0 Å². The highest BCUT2D eigenvalue weighted by atomic mass is 16.5. The molecule has 1 aliphatic heterocycles. The van der Waals surface area contributed by atoms with E-state index in [4.69, 9.17) is 9.84 Å². The smallest absolute Gasteiger partial charge is 0.304 e. The Bertz CT molecular complexity index is 190. The summed E-state index contributed by atoms with van der Waals surface area (Å²) in [5.74, 6) is -0.760. The minimum Gasteiger partial charge on any atom is -0.481 e. The van der Waals surface area contributed by atoms with Crippen molar-refractivity contribution in [1.82, 2.24) is 5.32 Å². The van der Waals surface area contributed by atoms with Gasteiger partial charge < -0.3 is 15.2 Å². The normalized spacial score (nSPS) is 26.0. The number of carboxylic acids is 1. The average molecular weight is 201 g/mol. The number of aliphatic carboxylic acids is 1. The molecule has 1 fully saturated rings. The van der Waals surface area contributed by atoms with Crippen LogP contribution in [0.15, 0.2) is 0 Å². The maximum Gasteiger partial charge on any atom is 0.304 e. The van der Waals surface area contributed by atoms with E-state index in [1.165, 1.54) is 0 Å². The Morgan fingerprint density at radius 3 is 2.86 bits per heavy atom. The molecule has 1 saturated heterocycles. The number of carboxylic acid groups (broad SMARTS) is 1. The second kappa shape index (κ2) is 5.32. The van der Waals surface area contributed by atoms with Gasteiger partial charge in [-0.1, -0.05) is 0 Å². The third-order valence-electron chi connectivity index (χ3n) is 2.55. The van der Waals surface area contributed by atoms with Crippen molar-refractivity contribution in [1.29, 1.82) is 0 Å². The third-order valence-corrected chi connectivity index (χ3v) is 2.55. The summed E-state index contributed by atoms with van der Waals surface area (Å²) in [6.45, 7) is 4.78. The van der Waals surface area contributed by atoms with Crippen LogP contribution in [-0.2, 0) is 9.53 Å². The van der Waals surface area contributed by atoms with Crippen LogP contribution < -0.4 is 5.32 Å². The fraction of sp³-hybridized carbons (Fsp3) is 0.900. The zero-order valence-electron chi connectivity index (χ0n) is 8.82. The minimum atomic E-state index is -0.760. The summed E-state index contributed by atoms with van der Waals surface area (Å²) in [7, 11) is 0. The molecule has 1 rings (SSSR count). The van der Waals surface area contributed by atoms with Gasteiger partial charge >= 0.3 is 5.97 Å². The SMILES string of the molecule is CC(CC(=O)O)NC(C)C1CCCO1. The maximum absolute atomic E-state index is 10.4. The van der Waals surface area contributed by atoms with E-state index in [0.717, 1.165) is 19.4 Å². The minimum absolute atomic E-state index is 0.00620. The van der Waals surface area contributed by atoms with Gasteiger partial charge in [-0.25, -0.2) is 0 Å². The average Bonchev–Trinajstić information content (AvgIpc) is 2.53. The number of hydrogen-bond donors (Lipinski definition) is 2. The van der Waals surface area contributed by atoms with E-state index < -0.39 is 5.97 Å². The third kappa shape index (κ3) is 3.64. The summed E-state index contributed by atoms with van der Waals surface area (Å²) in [6, 6.07) is 0.249. The largest absolute Gasteiger partial charge is 0.481 e. The highest BCUT2D eigenvalue weighted by Crippen LogP contribution is 2.15. The summed E-state index contributed by atoms with van der Waals surface area (Å²) in [4.78, 5) is 10.4. The van der Waals surface area contributed by atoms with Gasteiger partial charge in [-0.05, 0) is 26.7 Å². The van der Waals surface area contributed by atoms with E-state index in [0.29, 0.717) is 0 Å². The Morgan fingerprint density at radius 2 is 2.36 bits per heavy atom. The molecule has 0 spiro atoms. The summed E-state index contributed by atoms with van der Waals surface area (Å²) in [5.41, 5.74) is 0. The molecule has 14 heavy (non-hydrogen) atoms. The van der Waals surface area contributed by atoms with Crippen molar-refractivity contribution in [3.63, 3.8) is 0 Å². The molecule has 3 unspecified atom stereocenters. The summed E-state index contributed by atoms with van der Waals surface area (Å²) < 4.78 is 5.51. The summed E-state index contributed by atoms with van der Waals surface area (Å²) >= 11 is 0. The van der Waals surface area contributed by atoms with Gasteiger partial charge in [0.2, 0.25) is 0 Å². The fourth-order valence-electron chi connectivity index (χ4n) is 1.87. The first kappa shape index (κ1) is 11.5. The first-order valence-corrected chi connectivity index (χ1v) is 5.19. The van der Waals surface area contributed by atoms with Crippen LogP contribution in [0, 0.1) is 0 Å². The quantitative estimate of drug-likeness (QED) is 0.697. The van der Waals surface area contributed by atoms with Crippen LogP contribution >= 0.6 is 0 Å². The van der Waals surface area contributed by atoms with Gasteiger partial charge in [-0.2, -0.15) is 0 Å². The molecule has 82 valence electrons. The van der Waals surface area contributed by atoms with E-state index >= 15 is 0 Å². The molecule has 0 radical (unpaired) electrons. The lowest BCUT2D eigenvalue weighted by Gasteiger charge is -2.23.